The van der Waals surface area contributed by atoms with Crippen molar-refractivity contribution in [2.24, 2.45) is 0 Å². The number of aromatic nitrogens is 2. The molecule has 1 aromatic heterocycles. The van der Waals surface area contributed by atoms with Crippen molar-refractivity contribution in [1.29, 1.82) is 0 Å². The van der Waals surface area contributed by atoms with Gasteiger partial charge in [-0.05, 0) is 36.1 Å². The summed E-state index contributed by atoms with van der Waals surface area (Å²) in [6.45, 7) is 2.44. The minimum absolute atomic E-state index is 0.173. The molecule has 5 nitrogen and oxygen atoms in total. The summed E-state index contributed by atoms with van der Waals surface area (Å²) in [4.78, 5) is 25.9. The highest BCUT2D eigenvalue weighted by molar-refractivity contribution is 6.11. The molecular formula is C25H23N3O2. The minimum Gasteiger partial charge on any atom is -0.320 e. The molecule has 30 heavy (non-hydrogen) atoms. The highest BCUT2D eigenvalue weighted by Gasteiger charge is 2.17. The lowest BCUT2D eigenvalue weighted by atomic mass is 10.0. The van der Waals surface area contributed by atoms with E-state index in [0.29, 0.717) is 23.7 Å². The Morgan fingerprint density at radius 1 is 0.900 bits per heavy atom. The number of carbonyl (C=O) groups is 1. The molecule has 5 heteroatoms. The molecular weight excluding hydrogens is 374 g/mol. The van der Waals surface area contributed by atoms with Gasteiger partial charge in [0.05, 0.1) is 5.39 Å². The van der Waals surface area contributed by atoms with Crippen molar-refractivity contribution in [3.8, 4) is 0 Å². The molecule has 0 bridgehead atoms. The summed E-state index contributed by atoms with van der Waals surface area (Å²) in [6, 6.07) is 25.0. The smallest absolute Gasteiger partial charge is 0.276 e. The van der Waals surface area contributed by atoms with Crippen LogP contribution in [0, 0.1) is 0 Å². The van der Waals surface area contributed by atoms with Crippen LogP contribution in [0.1, 0.15) is 35.0 Å². The maximum absolute atomic E-state index is 13.2. The van der Waals surface area contributed by atoms with E-state index in [9.17, 15) is 9.59 Å². The van der Waals surface area contributed by atoms with Gasteiger partial charge in [0.1, 0.15) is 0 Å². The Morgan fingerprint density at radius 2 is 1.57 bits per heavy atom. The van der Waals surface area contributed by atoms with Crippen LogP contribution >= 0.6 is 0 Å². The maximum Gasteiger partial charge on any atom is 0.276 e. The third kappa shape index (κ3) is 4.01. The van der Waals surface area contributed by atoms with Crippen LogP contribution in [0.4, 0.5) is 5.69 Å². The van der Waals surface area contributed by atoms with Crippen molar-refractivity contribution < 1.29 is 4.79 Å². The number of hydrogen-bond donors (Lipinski definition) is 1. The number of benzene rings is 3. The number of nitrogens with zero attached hydrogens (tertiary/aromatic N) is 2. The predicted molar refractivity (Wildman–Crippen MR) is 120 cm³/mol. The van der Waals surface area contributed by atoms with Crippen LogP contribution in [0.3, 0.4) is 0 Å². The zero-order valence-electron chi connectivity index (χ0n) is 16.8. The molecule has 0 saturated carbocycles. The van der Waals surface area contributed by atoms with Gasteiger partial charge >= 0.3 is 0 Å². The average molecular weight is 397 g/mol. The Bertz CT molecular complexity index is 1250. The Balaban J connectivity index is 1.71. The van der Waals surface area contributed by atoms with Crippen molar-refractivity contribution in [2.45, 2.75) is 26.3 Å². The van der Waals surface area contributed by atoms with Gasteiger partial charge in [0.25, 0.3) is 11.5 Å². The number of rotatable bonds is 6. The van der Waals surface area contributed by atoms with Gasteiger partial charge in [-0.15, -0.1) is 0 Å². The number of aryl methyl sites for hydroxylation is 1. The quantitative estimate of drug-likeness (QED) is 0.515. The third-order valence-electron chi connectivity index (χ3n) is 5.02. The summed E-state index contributed by atoms with van der Waals surface area (Å²) in [5, 5.41) is 8.47. The van der Waals surface area contributed by atoms with Crippen molar-refractivity contribution in [3.63, 3.8) is 0 Å². The van der Waals surface area contributed by atoms with E-state index in [4.69, 9.17) is 0 Å². The van der Waals surface area contributed by atoms with E-state index in [1.807, 2.05) is 55.5 Å². The van der Waals surface area contributed by atoms with Crippen LogP contribution in [0.5, 0.6) is 0 Å². The lowest BCUT2D eigenvalue weighted by molar-refractivity contribution is 0.102. The Hall–Kier alpha value is -3.73. The predicted octanol–water partition coefficient (Wildman–Crippen LogP) is 4.65. The molecule has 0 atom stereocenters. The van der Waals surface area contributed by atoms with Crippen molar-refractivity contribution in [1.82, 2.24) is 9.78 Å². The largest absolute Gasteiger partial charge is 0.320 e. The van der Waals surface area contributed by atoms with E-state index in [1.165, 1.54) is 10.2 Å². The van der Waals surface area contributed by atoms with Gasteiger partial charge in [0.15, 0.2) is 5.69 Å². The average Bonchev–Trinajstić information content (AvgIpc) is 2.78. The molecule has 3 aromatic carbocycles. The first-order valence-electron chi connectivity index (χ1n) is 10.1. The van der Waals surface area contributed by atoms with Crippen molar-refractivity contribution in [3.05, 3.63) is 106 Å². The number of anilines is 1. The molecule has 4 rings (SSSR count). The zero-order valence-corrected chi connectivity index (χ0v) is 16.8. The summed E-state index contributed by atoms with van der Waals surface area (Å²) >= 11 is 0. The van der Waals surface area contributed by atoms with Crippen LogP contribution in [0.25, 0.3) is 10.8 Å². The molecule has 0 spiro atoms. The van der Waals surface area contributed by atoms with E-state index in [-0.39, 0.29) is 17.2 Å². The first kappa shape index (κ1) is 19.6. The van der Waals surface area contributed by atoms with Crippen LogP contribution in [0.15, 0.2) is 83.7 Å². The number of para-hydroxylation sites is 1. The van der Waals surface area contributed by atoms with Crippen molar-refractivity contribution >= 4 is 22.4 Å². The van der Waals surface area contributed by atoms with Crippen LogP contribution in [-0.2, 0) is 13.0 Å². The number of fused-ring (bicyclic) bond motifs is 1. The van der Waals surface area contributed by atoms with Crippen LogP contribution in [-0.4, -0.2) is 15.7 Å². The molecule has 1 amide bonds. The Labute approximate surface area is 175 Å². The fourth-order valence-electron chi connectivity index (χ4n) is 3.56. The highest BCUT2D eigenvalue weighted by Crippen LogP contribution is 2.21. The second-order valence-corrected chi connectivity index (χ2v) is 7.20. The zero-order chi connectivity index (χ0) is 20.9. The van der Waals surface area contributed by atoms with Crippen LogP contribution in [0.2, 0.25) is 0 Å². The van der Waals surface area contributed by atoms with Gasteiger partial charge in [-0.1, -0.05) is 73.7 Å². The SMILES string of the molecule is CCCn1nc(C(=O)Nc2ccccc2Cc2ccccc2)c2ccccc2c1=O. The van der Waals surface area contributed by atoms with Gasteiger partial charge in [0.2, 0.25) is 0 Å². The first-order chi connectivity index (χ1) is 14.7. The molecule has 0 aliphatic carbocycles. The van der Waals surface area contributed by atoms with E-state index in [2.05, 4.69) is 22.5 Å². The number of carbonyl (C=O) groups excluding carboxylic acids is 1. The standard InChI is InChI=1S/C25H23N3O2/c1-2-16-28-25(30)21-14-8-7-13-20(21)23(27-28)24(29)26-22-15-9-6-12-19(22)17-18-10-4-3-5-11-18/h3-15H,2,16-17H2,1H3,(H,26,29). The molecule has 4 aromatic rings. The Morgan fingerprint density at radius 3 is 2.33 bits per heavy atom. The summed E-state index contributed by atoms with van der Waals surface area (Å²) in [5.41, 5.74) is 3.01. The normalized spacial score (nSPS) is 10.8. The van der Waals surface area contributed by atoms with Gasteiger partial charge in [-0.2, -0.15) is 5.10 Å². The molecule has 0 unspecified atom stereocenters. The molecule has 0 fully saturated rings. The van der Waals surface area contributed by atoms with Gasteiger partial charge in [0, 0.05) is 17.6 Å². The third-order valence-corrected chi connectivity index (χ3v) is 5.02. The second kappa shape index (κ2) is 8.74. The molecule has 0 aliphatic rings. The van der Waals surface area contributed by atoms with Gasteiger partial charge < -0.3 is 5.32 Å². The lowest BCUT2D eigenvalue weighted by Crippen LogP contribution is -2.27. The number of nitrogens with one attached hydrogen (secondary N) is 1. The van der Waals surface area contributed by atoms with Gasteiger partial charge in [-0.3, -0.25) is 9.59 Å². The second-order valence-electron chi connectivity index (χ2n) is 7.20. The van der Waals surface area contributed by atoms with Crippen LogP contribution < -0.4 is 10.9 Å². The lowest BCUT2D eigenvalue weighted by Gasteiger charge is -2.13. The fraction of sp³-hybridized carbons (Fsp3) is 0.160. The molecule has 0 saturated heterocycles. The summed E-state index contributed by atoms with van der Waals surface area (Å²) in [6.07, 6.45) is 1.47. The van der Waals surface area contributed by atoms with E-state index in [1.54, 1.807) is 18.2 Å². The van der Waals surface area contributed by atoms with Gasteiger partial charge in [-0.25, -0.2) is 4.68 Å². The molecule has 1 heterocycles. The minimum atomic E-state index is -0.323. The molecule has 0 aliphatic heterocycles. The maximum atomic E-state index is 13.2. The molecule has 150 valence electrons. The summed E-state index contributed by atoms with van der Waals surface area (Å²) < 4.78 is 1.38. The Kier molecular flexibility index (Phi) is 5.70. The van der Waals surface area contributed by atoms with E-state index < -0.39 is 0 Å². The first-order valence-corrected chi connectivity index (χ1v) is 10.1. The fourth-order valence-corrected chi connectivity index (χ4v) is 3.56. The van der Waals surface area contributed by atoms with E-state index >= 15 is 0 Å². The molecule has 1 N–H and O–H groups in total. The highest BCUT2D eigenvalue weighted by atomic mass is 16.2. The number of hydrogen-bond acceptors (Lipinski definition) is 3. The molecule has 0 radical (unpaired) electrons. The van der Waals surface area contributed by atoms with E-state index in [0.717, 1.165) is 17.7 Å². The summed E-state index contributed by atoms with van der Waals surface area (Å²) in [7, 11) is 0. The topological polar surface area (TPSA) is 64.0 Å². The monoisotopic (exact) mass is 397 g/mol. The summed E-state index contributed by atoms with van der Waals surface area (Å²) in [5.74, 6) is -0.323. The van der Waals surface area contributed by atoms with Crippen molar-refractivity contribution in [2.75, 3.05) is 5.32 Å². The number of amides is 1.